The lowest BCUT2D eigenvalue weighted by molar-refractivity contribution is -0.141. The van der Waals surface area contributed by atoms with Gasteiger partial charge in [0.25, 0.3) is 5.91 Å². The molecule has 0 saturated heterocycles. The van der Waals surface area contributed by atoms with Crippen LogP contribution in [0.1, 0.15) is 32.1 Å². The summed E-state index contributed by atoms with van der Waals surface area (Å²) in [5, 5.41) is 7.79. The van der Waals surface area contributed by atoms with Crippen molar-refractivity contribution in [3.8, 4) is 0 Å². The summed E-state index contributed by atoms with van der Waals surface area (Å²) >= 11 is 5.95. The van der Waals surface area contributed by atoms with E-state index in [1.165, 1.54) is 18.2 Å². The topological polar surface area (TPSA) is 74.8 Å². The van der Waals surface area contributed by atoms with E-state index in [1.807, 2.05) is 0 Å². The van der Waals surface area contributed by atoms with Crippen LogP contribution >= 0.6 is 11.6 Å². The number of amides is 1. The van der Waals surface area contributed by atoms with Gasteiger partial charge in [-0.1, -0.05) is 41.9 Å². The van der Waals surface area contributed by atoms with E-state index in [0.29, 0.717) is 11.6 Å². The van der Waals surface area contributed by atoms with Crippen molar-refractivity contribution in [1.29, 1.82) is 0 Å². The number of carbonyl (C=O) groups is 2. The molecule has 1 heterocycles. The van der Waals surface area contributed by atoms with Crippen LogP contribution in [0.4, 0.5) is 18.9 Å². The highest BCUT2D eigenvalue weighted by Crippen LogP contribution is 2.28. The molecule has 9 heteroatoms. The number of H-pyrrole nitrogens is 1. The van der Waals surface area contributed by atoms with Crippen LogP contribution in [0.15, 0.2) is 54.6 Å². The van der Waals surface area contributed by atoms with Gasteiger partial charge in [0.1, 0.15) is 5.69 Å². The minimum Gasteiger partial charge on any atom is -0.320 e. The van der Waals surface area contributed by atoms with Crippen molar-refractivity contribution >= 4 is 29.0 Å². The monoisotopic (exact) mass is 393 g/mol. The highest BCUT2D eigenvalue weighted by Gasteiger charge is 2.34. The van der Waals surface area contributed by atoms with Crippen molar-refractivity contribution in [2.75, 3.05) is 5.32 Å². The molecule has 27 heavy (non-hydrogen) atoms. The lowest BCUT2D eigenvalue weighted by atomic mass is 10.0. The number of rotatable bonds is 4. The molecule has 0 spiro atoms. The highest BCUT2D eigenvalue weighted by atomic mass is 35.5. The average molecular weight is 394 g/mol. The molecule has 0 saturated carbocycles. The maximum absolute atomic E-state index is 12.7. The third-order valence-electron chi connectivity index (χ3n) is 3.63. The normalized spacial score (nSPS) is 11.3. The Balaban J connectivity index is 1.90. The zero-order chi connectivity index (χ0) is 19.6. The Hall–Kier alpha value is -3.13. The summed E-state index contributed by atoms with van der Waals surface area (Å²) in [7, 11) is 0. The number of alkyl halides is 3. The molecule has 3 aromatic rings. The maximum atomic E-state index is 12.7. The van der Waals surface area contributed by atoms with Crippen LogP contribution in [0.3, 0.4) is 0 Å². The van der Waals surface area contributed by atoms with E-state index >= 15 is 0 Å². The molecule has 2 N–H and O–H groups in total. The molecule has 0 bridgehead atoms. The van der Waals surface area contributed by atoms with Gasteiger partial charge in [0.05, 0.1) is 5.69 Å². The molecule has 0 aliphatic heterocycles. The zero-order valence-corrected chi connectivity index (χ0v) is 14.2. The number of hydrogen-bond acceptors (Lipinski definition) is 3. The van der Waals surface area contributed by atoms with Crippen LogP contribution in [0.5, 0.6) is 0 Å². The summed E-state index contributed by atoms with van der Waals surface area (Å²) in [6.07, 6.45) is -4.65. The molecule has 0 fully saturated rings. The van der Waals surface area contributed by atoms with Crippen molar-refractivity contribution in [1.82, 2.24) is 10.2 Å². The minimum atomic E-state index is -4.65. The van der Waals surface area contributed by atoms with E-state index in [0.717, 1.165) is 0 Å². The molecule has 0 aliphatic carbocycles. The molecule has 2 aromatic carbocycles. The van der Waals surface area contributed by atoms with Crippen LogP contribution in [0, 0.1) is 0 Å². The van der Waals surface area contributed by atoms with Gasteiger partial charge in [0, 0.05) is 22.2 Å². The summed E-state index contributed by atoms with van der Waals surface area (Å²) < 4.78 is 37.9. The minimum absolute atomic E-state index is 0.105. The van der Waals surface area contributed by atoms with Gasteiger partial charge < -0.3 is 5.32 Å². The van der Waals surface area contributed by atoms with Gasteiger partial charge in [-0.3, -0.25) is 14.7 Å². The number of hydrogen-bond donors (Lipinski definition) is 2. The van der Waals surface area contributed by atoms with Crippen LogP contribution in [-0.2, 0) is 6.18 Å². The number of aromatic nitrogens is 2. The number of nitrogens with zero attached hydrogens (tertiary/aromatic N) is 1. The van der Waals surface area contributed by atoms with Gasteiger partial charge in [-0.15, -0.1) is 0 Å². The molecule has 0 unspecified atom stereocenters. The molecule has 5 nitrogen and oxygen atoms in total. The van der Waals surface area contributed by atoms with Crippen LogP contribution in [-0.4, -0.2) is 21.9 Å². The summed E-state index contributed by atoms with van der Waals surface area (Å²) in [6.45, 7) is 0. The first kappa shape index (κ1) is 18.7. The van der Waals surface area contributed by atoms with Gasteiger partial charge >= 0.3 is 6.18 Å². The van der Waals surface area contributed by atoms with E-state index < -0.39 is 29.3 Å². The number of ketones is 1. The van der Waals surface area contributed by atoms with E-state index in [4.69, 9.17) is 11.6 Å². The Morgan fingerprint density at radius 3 is 2.37 bits per heavy atom. The molecule has 1 aromatic heterocycles. The first-order chi connectivity index (χ1) is 12.8. The van der Waals surface area contributed by atoms with Crippen LogP contribution in [0.2, 0.25) is 5.02 Å². The fraction of sp³-hybridized carbons (Fsp3) is 0.0556. The molecule has 1 amide bonds. The van der Waals surface area contributed by atoms with Crippen LogP contribution < -0.4 is 5.32 Å². The number of benzene rings is 2. The number of aromatic amines is 1. The Morgan fingerprint density at radius 2 is 1.74 bits per heavy atom. The second kappa shape index (κ2) is 7.24. The predicted octanol–water partition coefficient (Wildman–Crippen LogP) is 4.57. The first-order valence-electron chi connectivity index (χ1n) is 7.59. The Labute approximate surface area is 156 Å². The standard InChI is InChI=1S/C18H11ClF3N3O2/c19-11-6-7-13(12(8-11)16(26)10-4-2-1-3-5-10)23-17(27)14-9-15(25-24-14)18(20,21)22/h1-9H,(H,23,27)(H,24,25). The average Bonchev–Trinajstić information content (AvgIpc) is 3.14. The van der Waals surface area contributed by atoms with E-state index in [9.17, 15) is 22.8 Å². The summed E-state index contributed by atoms with van der Waals surface area (Å²) in [6, 6.07) is 13.1. The summed E-state index contributed by atoms with van der Waals surface area (Å²) in [5.41, 5.74) is -1.03. The van der Waals surface area contributed by atoms with E-state index in [2.05, 4.69) is 10.4 Å². The Morgan fingerprint density at radius 1 is 1.04 bits per heavy atom. The predicted molar refractivity (Wildman–Crippen MR) is 92.9 cm³/mol. The smallest absolute Gasteiger partial charge is 0.320 e. The fourth-order valence-corrected chi connectivity index (χ4v) is 2.50. The van der Waals surface area contributed by atoms with Crippen molar-refractivity contribution in [3.05, 3.63) is 82.1 Å². The van der Waals surface area contributed by atoms with Crippen molar-refractivity contribution in [3.63, 3.8) is 0 Å². The van der Waals surface area contributed by atoms with E-state index in [-0.39, 0.29) is 16.3 Å². The third-order valence-corrected chi connectivity index (χ3v) is 3.86. The van der Waals surface area contributed by atoms with Crippen LogP contribution in [0.25, 0.3) is 0 Å². The largest absolute Gasteiger partial charge is 0.432 e. The number of carbonyl (C=O) groups excluding carboxylic acids is 2. The van der Waals surface area contributed by atoms with Gasteiger partial charge in [0.15, 0.2) is 11.5 Å². The number of halogens is 4. The van der Waals surface area contributed by atoms with Gasteiger partial charge in [-0.25, -0.2) is 0 Å². The van der Waals surface area contributed by atoms with Crippen molar-refractivity contribution in [2.45, 2.75) is 6.18 Å². The third kappa shape index (κ3) is 4.17. The first-order valence-corrected chi connectivity index (χ1v) is 7.97. The quantitative estimate of drug-likeness (QED) is 0.638. The summed E-state index contributed by atoms with van der Waals surface area (Å²) in [5.74, 6) is -1.29. The van der Waals surface area contributed by atoms with E-state index in [1.54, 1.807) is 35.4 Å². The fourth-order valence-electron chi connectivity index (χ4n) is 2.33. The lowest BCUT2D eigenvalue weighted by Gasteiger charge is -2.10. The highest BCUT2D eigenvalue weighted by molar-refractivity contribution is 6.31. The number of nitrogens with one attached hydrogen (secondary N) is 2. The zero-order valence-electron chi connectivity index (χ0n) is 13.5. The molecular formula is C18H11ClF3N3O2. The molecule has 0 atom stereocenters. The molecule has 3 rings (SSSR count). The molecule has 0 radical (unpaired) electrons. The van der Waals surface area contributed by atoms with Gasteiger partial charge in [0.2, 0.25) is 0 Å². The Kier molecular flexibility index (Phi) is 5.00. The molecule has 138 valence electrons. The second-order valence-electron chi connectivity index (χ2n) is 5.50. The SMILES string of the molecule is O=C(Nc1ccc(Cl)cc1C(=O)c1ccccc1)c1cc(C(F)(F)F)[nH]n1. The summed E-state index contributed by atoms with van der Waals surface area (Å²) in [4.78, 5) is 24.9. The second-order valence-corrected chi connectivity index (χ2v) is 5.94. The van der Waals surface area contributed by atoms with Crippen molar-refractivity contribution < 1.29 is 22.8 Å². The number of anilines is 1. The maximum Gasteiger partial charge on any atom is 0.432 e. The van der Waals surface area contributed by atoms with Gasteiger partial charge in [-0.05, 0) is 18.2 Å². The van der Waals surface area contributed by atoms with Crippen molar-refractivity contribution in [2.24, 2.45) is 0 Å². The van der Waals surface area contributed by atoms with Gasteiger partial charge in [-0.2, -0.15) is 18.3 Å². The Bertz CT molecular complexity index is 1000. The molecular weight excluding hydrogens is 383 g/mol. The molecule has 0 aliphatic rings. The lowest BCUT2D eigenvalue weighted by Crippen LogP contribution is -2.15.